The molecule has 0 bridgehead atoms. The van der Waals surface area contributed by atoms with Gasteiger partial charge in [0.1, 0.15) is 9.84 Å². The van der Waals surface area contributed by atoms with Crippen molar-refractivity contribution in [3.63, 3.8) is 0 Å². The van der Waals surface area contributed by atoms with E-state index in [1.165, 1.54) is 6.26 Å². The van der Waals surface area contributed by atoms with Crippen LogP contribution in [0.15, 0.2) is 0 Å². The van der Waals surface area contributed by atoms with Crippen LogP contribution in [-0.2, 0) is 9.84 Å². The van der Waals surface area contributed by atoms with Crippen molar-refractivity contribution in [1.82, 2.24) is 0 Å². The molecule has 0 atom stereocenters. The molecule has 0 aromatic heterocycles. The number of sulfone groups is 1. The summed E-state index contributed by atoms with van der Waals surface area (Å²) in [7, 11) is -2.94. The smallest absolute Gasteiger partial charge is 0.150 e. The van der Waals surface area contributed by atoms with E-state index < -0.39 is 15.4 Å². The fourth-order valence-electron chi connectivity index (χ4n) is 1.76. The highest BCUT2D eigenvalue weighted by molar-refractivity contribution is 7.91. The van der Waals surface area contributed by atoms with E-state index in [2.05, 4.69) is 0 Å². The van der Waals surface area contributed by atoms with E-state index >= 15 is 0 Å². The number of aliphatic hydroxyl groups is 1. The minimum absolute atomic E-state index is 0.226. The molecule has 1 aliphatic rings. The molecular formula is C8H17NO3S. The highest BCUT2D eigenvalue weighted by Crippen LogP contribution is 2.30. The second kappa shape index (κ2) is 3.55. The SMILES string of the molecule is CS(=O)(=O)[C@H]1CC[C@](O)(CN)CC1. The molecule has 1 saturated carbocycles. The van der Waals surface area contributed by atoms with E-state index in [1.54, 1.807) is 0 Å². The van der Waals surface area contributed by atoms with Gasteiger partial charge in [-0.25, -0.2) is 8.42 Å². The normalized spacial score (nSPS) is 36.1. The first-order valence-corrected chi connectivity index (χ1v) is 6.44. The highest BCUT2D eigenvalue weighted by atomic mass is 32.2. The van der Waals surface area contributed by atoms with Gasteiger partial charge < -0.3 is 10.8 Å². The molecule has 0 unspecified atom stereocenters. The molecule has 0 saturated heterocycles. The molecule has 0 aromatic rings. The summed E-state index contributed by atoms with van der Waals surface area (Å²) in [5.41, 5.74) is 4.57. The summed E-state index contributed by atoms with van der Waals surface area (Å²) in [6.07, 6.45) is 3.33. The number of hydrogen-bond donors (Lipinski definition) is 2. The van der Waals surface area contributed by atoms with E-state index in [9.17, 15) is 13.5 Å². The fraction of sp³-hybridized carbons (Fsp3) is 1.00. The Morgan fingerprint density at radius 2 is 1.92 bits per heavy atom. The van der Waals surface area contributed by atoms with E-state index in [-0.39, 0.29) is 11.8 Å². The molecule has 0 aliphatic heterocycles. The van der Waals surface area contributed by atoms with Crippen molar-refractivity contribution >= 4 is 9.84 Å². The third-order valence-electron chi connectivity index (χ3n) is 2.85. The average molecular weight is 207 g/mol. The summed E-state index contributed by atoms with van der Waals surface area (Å²) in [4.78, 5) is 0. The molecule has 1 aliphatic carbocycles. The molecule has 0 amide bonds. The van der Waals surface area contributed by atoms with Crippen LogP contribution < -0.4 is 5.73 Å². The summed E-state index contributed by atoms with van der Waals surface area (Å²) < 4.78 is 22.3. The van der Waals surface area contributed by atoms with Gasteiger partial charge in [-0.05, 0) is 25.7 Å². The van der Waals surface area contributed by atoms with E-state index in [4.69, 9.17) is 5.73 Å². The van der Waals surface area contributed by atoms with E-state index in [1.807, 2.05) is 0 Å². The van der Waals surface area contributed by atoms with Gasteiger partial charge in [0.15, 0.2) is 0 Å². The first-order valence-electron chi connectivity index (χ1n) is 4.49. The van der Waals surface area contributed by atoms with Crippen molar-refractivity contribution < 1.29 is 13.5 Å². The van der Waals surface area contributed by atoms with Gasteiger partial charge in [0.2, 0.25) is 0 Å². The van der Waals surface area contributed by atoms with Gasteiger partial charge in [-0.1, -0.05) is 0 Å². The van der Waals surface area contributed by atoms with Crippen molar-refractivity contribution in [2.24, 2.45) is 5.73 Å². The van der Waals surface area contributed by atoms with Crippen LogP contribution in [0.4, 0.5) is 0 Å². The van der Waals surface area contributed by atoms with Crippen molar-refractivity contribution in [1.29, 1.82) is 0 Å². The number of hydrogen-bond acceptors (Lipinski definition) is 4. The Morgan fingerprint density at radius 3 is 2.23 bits per heavy atom. The maximum Gasteiger partial charge on any atom is 0.150 e. The van der Waals surface area contributed by atoms with Crippen molar-refractivity contribution in [3.8, 4) is 0 Å². The van der Waals surface area contributed by atoms with Gasteiger partial charge in [-0.15, -0.1) is 0 Å². The van der Waals surface area contributed by atoms with Crippen molar-refractivity contribution in [3.05, 3.63) is 0 Å². The zero-order valence-electron chi connectivity index (χ0n) is 7.86. The zero-order chi connectivity index (χ0) is 10.1. The van der Waals surface area contributed by atoms with Crippen LogP contribution in [-0.4, -0.2) is 37.2 Å². The summed E-state index contributed by atoms with van der Waals surface area (Å²) in [6.45, 7) is 0.226. The van der Waals surface area contributed by atoms with Crippen LogP contribution in [0.1, 0.15) is 25.7 Å². The molecule has 0 heterocycles. The summed E-state index contributed by atoms with van der Waals surface area (Å²) in [6, 6.07) is 0. The standard InChI is InChI=1S/C8H17NO3S/c1-13(11,12)7-2-4-8(10,6-9)5-3-7/h7,10H,2-6,9H2,1H3/t7-,8+. The molecule has 0 aromatic carbocycles. The lowest BCUT2D eigenvalue weighted by Gasteiger charge is -2.34. The quantitative estimate of drug-likeness (QED) is 0.649. The molecule has 1 rings (SSSR count). The highest BCUT2D eigenvalue weighted by Gasteiger charge is 2.35. The van der Waals surface area contributed by atoms with Gasteiger partial charge in [-0.2, -0.15) is 0 Å². The van der Waals surface area contributed by atoms with Gasteiger partial charge in [-0.3, -0.25) is 0 Å². The predicted molar refractivity (Wildman–Crippen MR) is 51.1 cm³/mol. The minimum Gasteiger partial charge on any atom is -0.389 e. The van der Waals surface area contributed by atoms with Crippen LogP contribution in [0, 0.1) is 0 Å². The third kappa shape index (κ3) is 2.65. The van der Waals surface area contributed by atoms with E-state index in [0.717, 1.165) is 0 Å². The maximum absolute atomic E-state index is 11.2. The van der Waals surface area contributed by atoms with Gasteiger partial charge in [0.25, 0.3) is 0 Å². The second-order valence-electron chi connectivity index (χ2n) is 3.96. The maximum atomic E-state index is 11.2. The van der Waals surface area contributed by atoms with E-state index in [0.29, 0.717) is 25.7 Å². The monoisotopic (exact) mass is 207 g/mol. The lowest BCUT2D eigenvalue weighted by molar-refractivity contribution is 0.0137. The fourth-order valence-corrected chi connectivity index (χ4v) is 2.85. The molecule has 3 N–H and O–H groups in total. The summed E-state index contributed by atoms with van der Waals surface area (Å²) >= 11 is 0. The first-order chi connectivity index (χ1) is 5.87. The Labute approximate surface area is 79.0 Å². The second-order valence-corrected chi connectivity index (χ2v) is 6.28. The number of rotatable bonds is 2. The third-order valence-corrected chi connectivity index (χ3v) is 4.53. The first kappa shape index (κ1) is 10.9. The van der Waals surface area contributed by atoms with Crippen molar-refractivity contribution in [2.75, 3.05) is 12.8 Å². The number of nitrogens with two attached hydrogens (primary N) is 1. The summed E-state index contributed by atoms with van der Waals surface area (Å²) in [5.74, 6) is 0. The van der Waals surface area contributed by atoms with Crippen LogP contribution in [0.3, 0.4) is 0 Å². The molecular weight excluding hydrogens is 190 g/mol. The molecule has 13 heavy (non-hydrogen) atoms. The zero-order valence-corrected chi connectivity index (χ0v) is 8.68. The lowest BCUT2D eigenvalue weighted by Crippen LogP contribution is -2.43. The Morgan fingerprint density at radius 1 is 1.46 bits per heavy atom. The molecule has 5 heteroatoms. The Kier molecular flexibility index (Phi) is 2.99. The average Bonchev–Trinajstić information content (AvgIpc) is 2.04. The van der Waals surface area contributed by atoms with Gasteiger partial charge in [0.05, 0.1) is 10.9 Å². The van der Waals surface area contributed by atoms with Gasteiger partial charge >= 0.3 is 0 Å². The molecule has 78 valence electrons. The largest absolute Gasteiger partial charge is 0.389 e. The molecule has 4 nitrogen and oxygen atoms in total. The van der Waals surface area contributed by atoms with Gasteiger partial charge in [0, 0.05) is 12.8 Å². The Bertz CT molecular complexity index is 265. The van der Waals surface area contributed by atoms with Crippen LogP contribution in [0.2, 0.25) is 0 Å². The van der Waals surface area contributed by atoms with Crippen LogP contribution in [0.25, 0.3) is 0 Å². The molecule has 0 spiro atoms. The lowest BCUT2D eigenvalue weighted by atomic mass is 9.85. The molecule has 1 fully saturated rings. The predicted octanol–water partition coefficient (Wildman–Crippen LogP) is -0.337. The Balaban J connectivity index is 2.58. The summed E-state index contributed by atoms with van der Waals surface area (Å²) in [5, 5.41) is 9.47. The van der Waals surface area contributed by atoms with Crippen LogP contribution >= 0.6 is 0 Å². The molecule has 0 radical (unpaired) electrons. The van der Waals surface area contributed by atoms with Crippen molar-refractivity contribution in [2.45, 2.75) is 36.5 Å². The van der Waals surface area contributed by atoms with Crippen LogP contribution in [0.5, 0.6) is 0 Å². The topological polar surface area (TPSA) is 80.4 Å². The Hall–Kier alpha value is -0.130. The minimum atomic E-state index is -2.94.